The van der Waals surface area contributed by atoms with E-state index in [1.54, 1.807) is 13.1 Å². The first-order valence-electron chi connectivity index (χ1n) is 12.0. The first kappa shape index (κ1) is 21.0. The Morgan fingerprint density at radius 1 is 1.09 bits per heavy atom. The van der Waals surface area contributed by atoms with Crippen LogP contribution in [0.3, 0.4) is 0 Å². The molecule has 170 valence electrons. The van der Waals surface area contributed by atoms with Crippen molar-refractivity contribution in [1.29, 1.82) is 0 Å². The summed E-state index contributed by atoms with van der Waals surface area (Å²) < 4.78 is 0. The van der Waals surface area contributed by atoms with Gasteiger partial charge in [-0.2, -0.15) is 5.10 Å². The number of aromatic amines is 1. The van der Waals surface area contributed by atoms with Crippen molar-refractivity contribution in [3.63, 3.8) is 0 Å². The normalized spacial score (nSPS) is 21.5. The van der Waals surface area contributed by atoms with Gasteiger partial charge in [0.05, 0.1) is 18.3 Å². The van der Waals surface area contributed by atoms with Crippen LogP contribution in [0.25, 0.3) is 11.1 Å². The molecule has 1 aromatic heterocycles. The Morgan fingerprint density at radius 3 is 2.44 bits per heavy atom. The van der Waals surface area contributed by atoms with Gasteiger partial charge in [-0.25, -0.2) is 4.79 Å². The van der Waals surface area contributed by atoms with Crippen LogP contribution in [0.2, 0.25) is 0 Å². The number of rotatable bonds is 4. The number of H-pyrrole nitrogens is 1. The van der Waals surface area contributed by atoms with Crippen LogP contribution in [-0.4, -0.2) is 63.7 Å². The van der Waals surface area contributed by atoms with Gasteiger partial charge in [0.2, 0.25) is 5.91 Å². The van der Waals surface area contributed by atoms with Crippen LogP contribution in [0.1, 0.15) is 51.9 Å². The number of carbonyl (C=O) groups excluding carboxylic acids is 2. The average Bonchev–Trinajstić information content (AvgIpc) is 3.44. The second-order valence-corrected chi connectivity index (χ2v) is 9.75. The van der Waals surface area contributed by atoms with E-state index in [0.29, 0.717) is 12.5 Å². The molecule has 2 aliphatic heterocycles. The van der Waals surface area contributed by atoms with Crippen LogP contribution in [0.5, 0.6) is 0 Å². The molecule has 0 bridgehead atoms. The number of amides is 3. The fourth-order valence-electron chi connectivity index (χ4n) is 5.81. The lowest BCUT2D eigenvalue weighted by atomic mass is 9.83. The molecule has 1 saturated carbocycles. The van der Waals surface area contributed by atoms with Gasteiger partial charge in [-0.1, -0.05) is 31.4 Å². The second-order valence-electron chi connectivity index (χ2n) is 9.75. The number of aromatic nitrogens is 2. The highest BCUT2D eigenvalue weighted by Gasteiger charge is 2.51. The molecular formula is C25H33N5O2. The number of nitrogens with zero attached hydrogens (tertiary/aromatic N) is 4. The fraction of sp³-hybridized carbons (Fsp3) is 0.560. The Hall–Kier alpha value is -2.83. The molecule has 32 heavy (non-hydrogen) atoms. The van der Waals surface area contributed by atoms with Gasteiger partial charge in [-0.15, -0.1) is 0 Å². The van der Waals surface area contributed by atoms with Crippen molar-refractivity contribution in [3.05, 3.63) is 36.7 Å². The highest BCUT2D eigenvalue weighted by molar-refractivity contribution is 5.95. The molecule has 2 saturated heterocycles. The Bertz CT molecular complexity index is 941. The molecule has 0 radical (unpaired) electrons. The van der Waals surface area contributed by atoms with Crippen LogP contribution < -0.4 is 4.90 Å². The first-order valence-corrected chi connectivity index (χ1v) is 12.0. The summed E-state index contributed by atoms with van der Waals surface area (Å²) in [5.41, 5.74) is 2.89. The number of anilines is 1. The monoisotopic (exact) mass is 435 g/mol. The number of urea groups is 1. The molecule has 1 aliphatic carbocycles. The summed E-state index contributed by atoms with van der Waals surface area (Å²) >= 11 is 0. The van der Waals surface area contributed by atoms with Crippen LogP contribution in [0.4, 0.5) is 10.5 Å². The van der Waals surface area contributed by atoms with E-state index < -0.39 is 0 Å². The minimum absolute atomic E-state index is 0.128. The van der Waals surface area contributed by atoms with Crippen molar-refractivity contribution in [3.8, 4) is 11.1 Å². The summed E-state index contributed by atoms with van der Waals surface area (Å²) in [6, 6.07) is 8.33. The summed E-state index contributed by atoms with van der Waals surface area (Å²) in [5.74, 6) is 0.730. The molecule has 3 heterocycles. The van der Waals surface area contributed by atoms with Crippen molar-refractivity contribution in [2.45, 2.75) is 57.4 Å². The predicted octanol–water partition coefficient (Wildman–Crippen LogP) is 4.28. The number of hydrogen-bond donors (Lipinski definition) is 1. The fourth-order valence-corrected chi connectivity index (χ4v) is 5.81. The number of nitrogens with one attached hydrogen (secondary N) is 1. The molecule has 5 rings (SSSR count). The van der Waals surface area contributed by atoms with Crippen molar-refractivity contribution in [2.24, 2.45) is 5.92 Å². The largest absolute Gasteiger partial charge is 0.343 e. The number of hydrogen-bond acceptors (Lipinski definition) is 3. The van der Waals surface area contributed by atoms with Crippen molar-refractivity contribution < 1.29 is 9.59 Å². The zero-order chi connectivity index (χ0) is 22.1. The van der Waals surface area contributed by atoms with Crippen LogP contribution in [0, 0.1) is 5.92 Å². The van der Waals surface area contributed by atoms with Crippen molar-refractivity contribution in [1.82, 2.24) is 20.0 Å². The standard InChI is InChI=1S/C25H33N5O2/c1-19(31)28-13-11-25(12-14-28)18-29(24(32)30(25)17-20-5-3-2-4-6-20)23-9-7-21(8-10-23)22-15-26-27-16-22/h7-10,15-16,20H,2-6,11-14,17-18H2,1H3,(H,26,27). The number of likely N-dealkylation sites (tertiary alicyclic amines) is 1. The molecule has 1 spiro atoms. The third-order valence-electron chi connectivity index (χ3n) is 7.80. The zero-order valence-corrected chi connectivity index (χ0v) is 18.9. The summed E-state index contributed by atoms with van der Waals surface area (Å²) in [6.07, 6.45) is 11.7. The lowest BCUT2D eigenvalue weighted by Crippen LogP contribution is -2.56. The summed E-state index contributed by atoms with van der Waals surface area (Å²) in [4.78, 5) is 31.7. The molecule has 7 heteroatoms. The van der Waals surface area contributed by atoms with E-state index in [9.17, 15) is 9.59 Å². The zero-order valence-electron chi connectivity index (χ0n) is 18.9. The van der Waals surface area contributed by atoms with E-state index in [-0.39, 0.29) is 17.5 Å². The quantitative estimate of drug-likeness (QED) is 0.779. The molecule has 1 N–H and O–H groups in total. The summed E-state index contributed by atoms with van der Waals surface area (Å²) in [6.45, 7) is 4.66. The smallest absolute Gasteiger partial charge is 0.325 e. The van der Waals surface area contributed by atoms with Crippen LogP contribution in [-0.2, 0) is 4.79 Å². The van der Waals surface area contributed by atoms with Crippen molar-refractivity contribution in [2.75, 3.05) is 31.1 Å². The molecule has 3 aliphatic rings. The van der Waals surface area contributed by atoms with Gasteiger partial charge in [-0.3, -0.25) is 14.8 Å². The highest BCUT2D eigenvalue weighted by atomic mass is 16.2. The minimum atomic E-state index is -0.177. The van der Waals surface area contributed by atoms with Gasteiger partial charge >= 0.3 is 6.03 Å². The third-order valence-corrected chi connectivity index (χ3v) is 7.80. The summed E-state index contributed by atoms with van der Waals surface area (Å²) in [7, 11) is 0. The maximum absolute atomic E-state index is 13.7. The van der Waals surface area contributed by atoms with E-state index in [4.69, 9.17) is 0 Å². The lowest BCUT2D eigenvalue weighted by Gasteiger charge is -2.44. The molecule has 0 unspecified atom stereocenters. The predicted molar refractivity (Wildman–Crippen MR) is 124 cm³/mol. The van der Waals surface area contributed by atoms with Crippen LogP contribution >= 0.6 is 0 Å². The van der Waals surface area contributed by atoms with E-state index in [0.717, 1.165) is 49.3 Å². The Balaban J connectivity index is 1.39. The molecule has 2 aromatic rings. The maximum Gasteiger partial charge on any atom is 0.325 e. The van der Waals surface area contributed by atoms with E-state index in [2.05, 4.69) is 27.2 Å². The van der Waals surface area contributed by atoms with E-state index >= 15 is 0 Å². The van der Waals surface area contributed by atoms with Crippen molar-refractivity contribution >= 4 is 17.6 Å². The molecule has 1 aromatic carbocycles. The molecular weight excluding hydrogens is 402 g/mol. The summed E-state index contributed by atoms with van der Waals surface area (Å²) in [5, 5.41) is 6.88. The van der Waals surface area contributed by atoms with Gasteiger partial charge in [0, 0.05) is 44.0 Å². The van der Waals surface area contributed by atoms with E-state index in [1.807, 2.05) is 28.1 Å². The average molecular weight is 436 g/mol. The Morgan fingerprint density at radius 2 is 1.81 bits per heavy atom. The molecule has 3 fully saturated rings. The lowest BCUT2D eigenvalue weighted by molar-refractivity contribution is -0.131. The SMILES string of the molecule is CC(=O)N1CCC2(CC1)CN(c1ccc(-c3cn[nH]c3)cc1)C(=O)N2CC1CCCCC1. The van der Waals surface area contributed by atoms with Gasteiger partial charge < -0.3 is 9.80 Å². The Kier molecular flexibility index (Phi) is 5.66. The maximum atomic E-state index is 13.7. The van der Waals surface area contributed by atoms with Gasteiger partial charge in [0.15, 0.2) is 0 Å². The van der Waals surface area contributed by atoms with E-state index in [1.165, 1.54) is 32.1 Å². The number of benzene rings is 1. The van der Waals surface area contributed by atoms with Crippen LogP contribution in [0.15, 0.2) is 36.7 Å². The second kappa shape index (κ2) is 8.60. The number of carbonyl (C=O) groups is 2. The van der Waals surface area contributed by atoms with Gasteiger partial charge in [0.1, 0.15) is 0 Å². The molecule has 7 nitrogen and oxygen atoms in total. The van der Waals surface area contributed by atoms with Gasteiger partial charge in [0.25, 0.3) is 0 Å². The topological polar surface area (TPSA) is 72.5 Å². The number of piperidine rings is 1. The molecule has 3 amide bonds. The highest BCUT2D eigenvalue weighted by Crippen LogP contribution is 2.40. The molecule has 0 atom stereocenters. The first-order chi connectivity index (χ1) is 15.6. The Labute approximate surface area is 189 Å². The minimum Gasteiger partial charge on any atom is -0.343 e. The third kappa shape index (κ3) is 3.89. The van der Waals surface area contributed by atoms with Gasteiger partial charge in [-0.05, 0) is 49.3 Å².